The molecular formula is C10H22N2O3. The Morgan fingerprint density at radius 2 is 2.20 bits per heavy atom. The summed E-state index contributed by atoms with van der Waals surface area (Å²) in [5, 5.41) is 14.2. The number of ether oxygens (including phenoxy) is 1. The Morgan fingerprint density at radius 1 is 1.47 bits per heavy atom. The van der Waals surface area contributed by atoms with E-state index >= 15 is 0 Å². The van der Waals surface area contributed by atoms with E-state index in [4.69, 9.17) is 9.84 Å². The highest BCUT2D eigenvalue weighted by molar-refractivity contribution is 5.77. The molecule has 90 valence electrons. The third kappa shape index (κ3) is 9.65. The topological polar surface area (TPSA) is 70.6 Å². The van der Waals surface area contributed by atoms with E-state index in [-0.39, 0.29) is 12.5 Å². The minimum Gasteiger partial charge on any atom is -0.394 e. The summed E-state index contributed by atoms with van der Waals surface area (Å²) in [5.74, 6) is -0.0251. The molecule has 5 heteroatoms. The van der Waals surface area contributed by atoms with Crippen LogP contribution in [0.5, 0.6) is 0 Å². The summed E-state index contributed by atoms with van der Waals surface area (Å²) in [6.45, 7) is 5.71. The van der Waals surface area contributed by atoms with Crippen molar-refractivity contribution >= 4 is 5.91 Å². The molecule has 0 aliphatic rings. The van der Waals surface area contributed by atoms with Gasteiger partial charge in [0.05, 0.1) is 26.4 Å². The zero-order valence-electron chi connectivity index (χ0n) is 9.58. The van der Waals surface area contributed by atoms with Crippen molar-refractivity contribution in [1.29, 1.82) is 0 Å². The molecule has 0 rings (SSSR count). The molecular weight excluding hydrogens is 196 g/mol. The Bertz CT molecular complexity index is 165. The van der Waals surface area contributed by atoms with Crippen molar-refractivity contribution in [2.75, 3.05) is 32.9 Å². The quantitative estimate of drug-likeness (QED) is 0.456. The van der Waals surface area contributed by atoms with Crippen molar-refractivity contribution in [3.63, 3.8) is 0 Å². The van der Waals surface area contributed by atoms with E-state index < -0.39 is 0 Å². The molecule has 0 spiro atoms. The van der Waals surface area contributed by atoms with Crippen molar-refractivity contribution in [2.24, 2.45) is 0 Å². The highest BCUT2D eigenvalue weighted by atomic mass is 16.5. The summed E-state index contributed by atoms with van der Waals surface area (Å²) in [7, 11) is 0. The monoisotopic (exact) mass is 218 g/mol. The fraction of sp³-hybridized carbons (Fsp3) is 0.900. The highest BCUT2D eigenvalue weighted by Crippen LogP contribution is 1.85. The summed E-state index contributed by atoms with van der Waals surface area (Å²) in [6, 6.07) is 0.362. The number of aliphatic hydroxyl groups is 1. The fourth-order valence-corrected chi connectivity index (χ4v) is 0.903. The van der Waals surface area contributed by atoms with Crippen LogP contribution in [0.2, 0.25) is 0 Å². The van der Waals surface area contributed by atoms with Crippen molar-refractivity contribution < 1.29 is 14.6 Å². The summed E-state index contributed by atoms with van der Waals surface area (Å²) >= 11 is 0. The van der Waals surface area contributed by atoms with Gasteiger partial charge >= 0.3 is 0 Å². The van der Waals surface area contributed by atoms with Gasteiger partial charge in [-0.25, -0.2) is 0 Å². The summed E-state index contributed by atoms with van der Waals surface area (Å²) in [6.07, 6.45) is 1.01. The molecule has 0 fully saturated rings. The molecule has 0 saturated carbocycles. The van der Waals surface area contributed by atoms with E-state index in [9.17, 15) is 4.79 Å². The first-order valence-corrected chi connectivity index (χ1v) is 5.39. The third-order valence-electron chi connectivity index (χ3n) is 2.03. The second-order valence-electron chi connectivity index (χ2n) is 3.38. The Morgan fingerprint density at radius 3 is 2.80 bits per heavy atom. The normalized spacial score (nSPS) is 12.5. The van der Waals surface area contributed by atoms with E-state index in [1.165, 1.54) is 0 Å². The fourth-order valence-electron chi connectivity index (χ4n) is 0.903. The summed E-state index contributed by atoms with van der Waals surface area (Å²) < 4.78 is 4.99. The molecule has 1 atom stereocenters. The molecule has 0 aromatic rings. The van der Waals surface area contributed by atoms with E-state index in [2.05, 4.69) is 17.6 Å². The highest BCUT2D eigenvalue weighted by Gasteiger charge is 2.02. The molecule has 0 radical (unpaired) electrons. The lowest BCUT2D eigenvalue weighted by molar-refractivity contribution is -0.120. The van der Waals surface area contributed by atoms with Crippen molar-refractivity contribution in [1.82, 2.24) is 10.6 Å². The lowest BCUT2D eigenvalue weighted by Crippen LogP contribution is -2.38. The number of hydrogen-bond donors (Lipinski definition) is 3. The molecule has 3 N–H and O–H groups in total. The minimum atomic E-state index is -0.0251. The predicted octanol–water partition coefficient (Wildman–Crippen LogP) is -0.500. The van der Waals surface area contributed by atoms with Crippen LogP contribution >= 0.6 is 0 Å². The van der Waals surface area contributed by atoms with Crippen LogP contribution in [0.15, 0.2) is 0 Å². The first-order chi connectivity index (χ1) is 7.20. The second-order valence-corrected chi connectivity index (χ2v) is 3.38. The Kier molecular flexibility index (Phi) is 9.46. The maximum atomic E-state index is 11.2. The summed E-state index contributed by atoms with van der Waals surface area (Å²) in [5.41, 5.74) is 0. The minimum absolute atomic E-state index is 0.0174. The average molecular weight is 218 g/mol. The van der Waals surface area contributed by atoms with Gasteiger partial charge < -0.3 is 20.5 Å². The molecule has 0 bridgehead atoms. The van der Waals surface area contributed by atoms with Crippen LogP contribution in [-0.2, 0) is 9.53 Å². The zero-order chi connectivity index (χ0) is 11.5. The molecule has 5 nitrogen and oxygen atoms in total. The van der Waals surface area contributed by atoms with Gasteiger partial charge in [0.15, 0.2) is 0 Å². The van der Waals surface area contributed by atoms with Gasteiger partial charge in [-0.1, -0.05) is 6.92 Å². The van der Waals surface area contributed by atoms with E-state index in [1.54, 1.807) is 0 Å². The van der Waals surface area contributed by atoms with Gasteiger partial charge in [0.1, 0.15) is 0 Å². The lowest BCUT2D eigenvalue weighted by Gasteiger charge is -2.11. The Hall–Kier alpha value is -0.650. The Labute approximate surface area is 91.2 Å². The van der Waals surface area contributed by atoms with Crippen LogP contribution < -0.4 is 10.6 Å². The lowest BCUT2D eigenvalue weighted by atomic mass is 10.2. The standard InChI is InChI=1S/C10H22N2O3/c1-3-9(2)12-8-10(14)11-4-6-15-7-5-13/h9,12-13H,3-8H2,1-2H3,(H,11,14). The first-order valence-electron chi connectivity index (χ1n) is 5.39. The predicted molar refractivity (Wildman–Crippen MR) is 58.7 cm³/mol. The molecule has 1 unspecified atom stereocenters. The Balaban J connectivity index is 3.26. The molecule has 0 heterocycles. The SMILES string of the molecule is CCC(C)NCC(=O)NCCOCCO. The molecule has 0 aliphatic carbocycles. The zero-order valence-corrected chi connectivity index (χ0v) is 9.58. The maximum Gasteiger partial charge on any atom is 0.234 e. The van der Waals surface area contributed by atoms with Crippen LogP contribution in [0.1, 0.15) is 20.3 Å². The van der Waals surface area contributed by atoms with E-state index in [0.29, 0.717) is 32.3 Å². The van der Waals surface area contributed by atoms with Gasteiger partial charge in [-0.15, -0.1) is 0 Å². The number of nitrogens with one attached hydrogen (secondary N) is 2. The van der Waals surface area contributed by atoms with Crippen LogP contribution in [-0.4, -0.2) is 50.0 Å². The molecule has 0 saturated heterocycles. The van der Waals surface area contributed by atoms with Crippen molar-refractivity contribution in [3.05, 3.63) is 0 Å². The van der Waals surface area contributed by atoms with Gasteiger partial charge in [0.25, 0.3) is 0 Å². The van der Waals surface area contributed by atoms with Crippen LogP contribution in [0.25, 0.3) is 0 Å². The van der Waals surface area contributed by atoms with E-state index in [0.717, 1.165) is 6.42 Å². The molecule has 1 amide bonds. The van der Waals surface area contributed by atoms with Crippen LogP contribution in [0, 0.1) is 0 Å². The number of rotatable bonds is 9. The van der Waals surface area contributed by atoms with Gasteiger partial charge in [-0.2, -0.15) is 0 Å². The number of carbonyl (C=O) groups is 1. The molecule has 0 aliphatic heterocycles. The largest absolute Gasteiger partial charge is 0.394 e. The number of carbonyl (C=O) groups excluding carboxylic acids is 1. The second kappa shape index (κ2) is 9.89. The van der Waals surface area contributed by atoms with Gasteiger partial charge in [-0.3, -0.25) is 4.79 Å². The molecule has 0 aromatic carbocycles. The van der Waals surface area contributed by atoms with Crippen molar-refractivity contribution in [2.45, 2.75) is 26.3 Å². The number of aliphatic hydroxyl groups excluding tert-OH is 1. The summed E-state index contributed by atoms with van der Waals surface area (Å²) in [4.78, 5) is 11.2. The van der Waals surface area contributed by atoms with E-state index in [1.807, 2.05) is 6.92 Å². The maximum absolute atomic E-state index is 11.2. The number of hydrogen-bond acceptors (Lipinski definition) is 4. The van der Waals surface area contributed by atoms with Gasteiger partial charge in [-0.05, 0) is 13.3 Å². The third-order valence-corrected chi connectivity index (χ3v) is 2.03. The number of amides is 1. The van der Waals surface area contributed by atoms with Crippen LogP contribution in [0.4, 0.5) is 0 Å². The van der Waals surface area contributed by atoms with Gasteiger partial charge in [0, 0.05) is 12.6 Å². The molecule has 15 heavy (non-hydrogen) atoms. The van der Waals surface area contributed by atoms with Crippen LogP contribution in [0.3, 0.4) is 0 Å². The first kappa shape index (κ1) is 14.3. The van der Waals surface area contributed by atoms with Crippen molar-refractivity contribution in [3.8, 4) is 0 Å². The smallest absolute Gasteiger partial charge is 0.234 e. The average Bonchev–Trinajstić information content (AvgIpc) is 2.25. The van der Waals surface area contributed by atoms with Gasteiger partial charge in [0.2, 0.25) is 5.91 Å². The molecule has 0 aromatic heterocycles.